The maximum Gasteiger partial charge on any atom is 0.177 e. The molecule has 4 nitrogen and oxygen atoms in total. The zero-order valence-electron chi connectivity index (χ0n) is 10.8. The molecule has 0 aliphatic rings. The number of benzene rings is 1. The molecule has 2 heterocycles. The molecular weight excluding hydrogens is 274 g/mol. The van der Waals surface area contributed by atoms with E-state index in [9.17, 15) is 0 Å². The number of pyridine rings is 1. The second kappa shape index (κ2) is 4.98. The summed E-state index contributed by atoms with van der Waals surface area (Å²) in [5.74, 6) is 0.993. The van der Waals surface area contributed by atoms with Crippen LogP contribution in [0.1, 0.15) is 5.69 Å². The molecule has 2 aromatic heterocycles. The quantitative estimate of drug-likeness (QED) is 0.774. The summed E-state index contributed by atoms with van der Waals surface area (Å²) in [4.78, 5) is 4.18. The Bertz CT molecular complexity index is 750. The predicted octanol–water partition coefficient (Wildman–Crippen LogP) is 3.95. The van der Waals surface area contributed by atoms with Gasteiger partial charge in [-0.1, -0.05) is 28.9 Å². The maximum atomic E-state index is 5.93. The van der Waals surface area contributed by atoms with Crippen LogP contribution in [0.2, 0.25) is 5.02 Å². The third kappa shape index (κ3) is 2.26. The molecule has 0 amide bonds. The molecule has 0 aliphatic heterocycles. The molecule has 0 radical (unpaired) electrons. The minimum Gasteiger partial charge on any atom is -0.380 e. The van der Waals surface area contributed by atoms with Gasteiger partial charge in [0, 0.05) is 22.5 Å². The number of hydrogen-bond acceptors (Lipinski definition) is 4. The standard InChI is InChI=1S/C15H12ClN3O/c1-9-8-11(6-7-18-9)14-13(15(17)19-20-14)10-2-4-12(16)5-3-10/h2-8H,1H3,(H2,17,19). The molecule has 20 heavy (non-hydrogen) atoms. The second-order valence-electron chi connectivity index (χ2n) is 4.46. The lowest BCUT2D eigenvalue weighted by Gasteiger charge is -2.03. The Hall–Kier alpha value is -2.33. The number of nitrogens with two attached hydrogens (primary N) is 1. The van der Waals surface area contributed by atoms with E-state index in [1.807, 2.05) is 43.3 Å². The summed E-state index contributed by atoms with van der Waals surface area (Å²) in [6, 6.07) is 11.2. The van der Waals surface area contributed by atoms with Crippen LogP contribution >= 0.6 is 11.6 Å². The fourth-order valence-corrected chi connectivity index (χ4v) is 2.21. The number of halogens is 1. The third-order valence-corrected chi connectivity index (χ3v) is 3.26. The SMILES string of the molecule is Cc1cc(-c2onc(N)c2-c2ccc(Cl)cc2)ccn1. The molecule has 0 bridgehead atoms. The summed E-state index contributed by atoms with van der Waals surface area (Å²) in [5, 5.41) is 4.54. The number of aromatic nitrogens is 2. The van der Waals surface area contributed by atoms with Gasteiger partial charge in [0.2, 0.25) is 0 Å². The van der Waals surface area contributed by atoms with Crippen molar-refractivity contribution in [2.45, 2.75) is 6.92 Å². The van der Waals surface area contributed by atoms with Crippen LogP contribution in [0.5, 0.6) is 0 Å². The van der Waals surface area contributed by atoms with Crippen molar-refractivity contribution in [3.05, 3.63) is 53.3 Å². The monoisotopic (exact) mass is 285 g/mol. The predicted molar refractivity (Wildman–Crippen MR) is 79.3 cm³/mol. The van der Waals surface area contributed by atoms with Crippen molar-refractivity contribution in [2.24, 2.45) is 0 Å². The first kappa shape index (κ1) is 12.7. The van der Waals surface area contributed by atoms with Gasteiger partial charge in [0.25, 0.3) is 0 Å². The van der Waals surface area contributed by atoms with Crippen LogP contribution in [0.25, 0.3) is 22.5 Å². The summed E-state index contributed by atoms with van der Waals surface area (Å²) < 4.78 is 5.39. The normalized spacial score (nSPS) is 10.7. The topological polar surface area (TPSA) is 64.9 Å². The summed E-state index contributed by atoms with van der Waals surface area (Å²) >= 11 is 5.91. The lowest BCUT2D eigenvalue weighted by Crippen LogP contribution is -1.89. The second-order valence-corrected chi connectivity index (χ2v) is 4.90. The fourth-order valence-electron chi connectivity index (χ4n) is 2.08. The van der Waals surface area contributed by atoms with Gasteiger partial charge in [0.15, 0.2) is 11.6 Å². The van der Waals surface area contributed by atoms with E-state index < -0.39 is 0 Å². The molecule has 0 atom stereocenters. The van der Waals surface area contributed by atoms with Crippen LogP contribution in [-0.4, -0.2) is 10.1 Å². The van der Waals surface area contributed by atoms with E-state index in [1.165, 1.54) is 0 Å². The Morgan fingerprint density at radius 1 is 1.10 bits per heavy atom. The van der Waals surface area contributed by atoms with E-state index in [0.717, 1.165) is 22.4 Å². The molecule has 0 fully saturated rings. The van der Waals surface area contributed by atoms with Crippen molar-refractivity contribution >= 4 is 17.4 Å². The molecule has 0 spiro atoms. The van der Waals surface area contributed by atoms with Crippen molar-refractivity contribution in [1.82, 2.24) is 10.1 Å². The highest BCUT2D eigenvalue weighted by atomic mass is 35.5. The Kier molecular flexibility index (Phi) is 3.16. The van der Waals surface area contributed by atoms with Crippen molar-refractivity contribution in [1.29, 1.82) is 0 Å². The summed E-state index contributed by atoms with van der Waals surface area (Å²) in [7, 11) is 0. The lowest BCUT2D eigenvalue weighted by molar-refractivity contribution is 0.436. The minimum absolute atomic E-state index is 0.358. The van der Waals surface area contributed by atoms with Crippen LogP contribution in [0.3, 0.4) is 0 Å². The molecule has 5 heteroatoms. The smallest absolute Gasteiger partial charge is 0.177 e. The largest absolute Gasteiger partial charge is 0.380 e. The fraction of sp³-hybridized carbons (Fsp3) is 0.0667. The van der Waals surface area contributed by atoms with Gasteiger partial charge in [-0.15, -0.1) is 0 Å². The van der Waals surface area contributed by atoms with Gasteiger partial charge in [0.05, 0.1) is 5.56 Å². The van der Waals surface area contributed by atoms with E-state index >= 15 is 0 Å². The average Bonchev–Trinajstić information content (AvgIpc) is 2.82. The van der Waals surface area contributed by atoms with E-state index in [0.29, 0.717) is 16.6 Å². The van der Waals surface area contributed by atoms with Crippen molar-refractivity contribution in [3.63, 3.8) is 0 Å². The number of aryl methyl sites for hydroxylation is 1. The third-order valence-electron chi connectivity index (χ3n) is 3.01. The Morgan fingerprint density at radius 3 is 2.55 bits per heavy atom. The molecule has 0 unspecified atom stereocenters. The molecule has 0 aliphatic carbocycles. The molecule has 3 aromatic rings. The minimum atomic E-state index is 0.358. The van der Waals surface area contributed by atoms with Gasteiger partial charge in [0.1, 0.15) is 0 Å². The molecule has 0 saturated heterocycles. The first-order chi connectivity index (χ1) is 9.65. The Labute approximate surface area is 121 Å². The van der Waals surface area contributed by atoms with Gasteiger partial charge in [-0.05, 0) is 36.8 Å². The first-order valence-electron chi connectivity index (χ1n) is 6.09. The average molecular weight is 286 g/mol. The summed E-state index contributed by atoms with van der Waals surface area (Å²) in [5.41, 5.74) is 9.42. The van der Waals surface area contributed by atoms with Crippen molar-refractivity contribution in [3.8, 4) is 22.5 Å². The van der Waals surface area contributed by atoms with Gasteiger partial charge >= 0.3 is 0 Å². The highest BCUT2D eigenvalue weighted by Gasteiger charge is 2.17. The van der Waals surface area contributed by atoms with Gasteiger partial charge in [-0.3, -0.25) is 4.98 Å². The van der Waals surface area contributed by atoms with E-state index in [-0.39, 0.29) is 0 Å². The van der Waals surface area contributed by atoms with Crippen LogP contribution in [0.15, 0.2) is 47.1 Å². The zero-order valence-corrected chi connectivity index (χ0v) is 11.6. The summed E-state index contributed by atoms with van der Waals surface area (Å²) in [6.07, 6.45) is 1.73. The van der Waals surface area contributed by atoms with Crippen LogP contribution in [0, 0.1) is 6.92 Å². The van der Waals surface area contributed by atoms with Crippen LogP contribution < -0.4 is 5.73 Å². The van der Waals surface area contributed by atoms with Gasteiger partial charge < -0.3 is 10.3 Å². The molecule has 100 valence electrons. The maximum absolute atomic E-state index is 5.93. The highest BCUT2D eigenvalue weighted by Crippen LogP contribution is 2.36. The van der Waals surface area contributed by atoms with Crippen molar-refractivity contribution in [2.75, 3.05) is 5.73 Å². The zero-order chi connectivity index (χ0) is 14.1. The van der Waals surface area contributed by atoms with Gasteiger partial charge in [-0.2, -0.15) is 0 Å². The van der Waals surface area contributed by atoms with Crippen molar-refractivity contribution < 1.29 is 4.52 Å². The van der Waals surface area contributed by atoms with Crippen LogP contribution in [-0.2, 0) is 0 Å². The summed E-state index contributed by atoms with van der Waals surface area (Å²) in [6.45, 7) is 1.92. The van der Waals surface area contributed by atoms with E-state index in [2.05, 4.69) is 10.1 Å². The van der Waals surface area contributed by atoms with E-state index in [1.54, 1.807) is 6.20 Å². The number of anilines is 1. The molecule has 0 saturated carbocycles. The number of nitrogen functional groups attached to an aromatic ring is 1. The number of hydrogen-bond donors (Lipinski definition) is 1. The Balaban J connectivity index is 2.17. The molecule has 1 aromatic carbocycles. The lowest BCUT2D eigenvalue weighted by atomic mass is 10.0. The number of rotatable bonds is 2. The molecule has 2 N–H and O–H groups in total. The number of nitrogens with zero attached hydrogens (tertiary/aromatic N) is 2. The molecular formula is C15H12ClN3O. The molecule has 3 rings (SSSR count). The van der Waals surface area contributed by atoms with E-state index in [4.69, 9.17) is 21.9 Å². The van der Waals surface area contributed by atoms with Crippen LogP contribution in [0.4, 0.5) is 5.82 Å². The highest BCUT2D eigenvalue weighted by molar-refractivity contribution is 6.30. The Morgan fingerprint density at radius 2 is 1.85 bits per heavy atom. The first-order valence-corrected chi connectivity index (χ1v) is 6.47. The van der Waals surface area contributed by atoms with Gasteiger partial charge in [-0.25, -0.2) is 0 Å².